The van der Waals surface area contributed by atoms with Gasteiger partial charge in [-0.05, 0) is 73.9 Å². The molecule has 0 radical (unpaired) electrons. The lowest BCUT2D eigenvalue weighted by Gasteiger charge is -2.33. The molecule has 1 saturated carbocycles. The first-order valence-electron chi connectivity index (χ1n) is 15.1. The number of cyclic esters (lactones) is 1. The molecule has 6 rings (SSSR count). The van der Waals surface area contributed by atoms with Gasteiger partial charge in [-0.25, -0.2) is 4.79 Å². The van der Waals surface area contributed by atoms with E-state index in [9.17, 15) is 19.2 Å². The molecule has 4 atom stereocenters. The Morgan fingerprint density at radius 3 is 2.45 bits per heavy atom. The number of rotatable bonds is 10. The largest absolute Gasteiger partial charge is 0.484 e. The van der Waals surface area contributed by atoms with Crippen molar-refractivity contribution in [1.82, 2.24) is 15.4 Å². The Hall–Kier alpha value is -4.67. The summed E-state index contributed by atoms with van der Waals surface area (Å²) in [6.07, 6.45) is 4.29. The molecule has 1 N–H and O–H groups in total. The fourth-order valence-electron chi connectivity index (χ4n) is 5.72. The van der Waals surface area contributed by atoms with E-state index < -0.39 is 36.0 Å². The first kappa shape index (κ1) is 29.4. The van der Waals surface area contributed by atoms with Crippen LogP contribution in [0.2, 0.25) is 0 Å². The maximum Gasteiger partial charge on any atom is 0.338 e. The van der Waals surface area contributed by atoms with E-state index in [-0.39, 0.29) is 37.2 Å². The number of piperidine rings is 1. The lowest BCUT2D eigenvalue weighted by atomic mass is 10.00. The van der Waals surface area contributed by atoms with Gasteiger partial charge in [-0.2, -0.15) is 0 Å². The lowest BCUT2D eigenvalue weighted by Crippen LogP contribution is -2.46. The summed E-state index contributed by atoms with van der Waals surface area (Å²) in [4.78, 5) is 51.6. The topological polar surface area (TPSA) is 137 Å². The van der Waals surface area contributed by atoms with Crippen LogP contribution < -0.4 is 10.1 Å². The van der Waals surface area contributed by atoms with Crippen molar-refractivity contribution in [3.63, 3.8) is 0 Å². The Balaban J connectivity index is 1.09. The predicted octanol–water partition coefficient (Wildman–Crippen LogP) is 4.20. The third-order valence-corrected chi connectivity index (χ3v) is 8.31. The molecule has 0 spiro atoms. The first-order valence-corrected chi connectivity index (χ1v) is 15.1. The number of benzene rings is 2. The van der Waals surface area contributed by atoms with Crippen LogP contribution in [0.15, 0.2) is 65.3 Å². The van der Waals surface area contributed by atoms with Crippen LogP contribution >= 0.6 is 0 Å². The number of ether oxygens (including phenoxy) is 3. The number of carbonyl (C=O) groups is 4. The predicted molar refractivity (Wildman–Crippen MR) is 156 cm³/mol. The van der Waals surface area contributed by atoms with Gasteiger partial charge in [0.2, 0.25) is 11.7 Å². The van der Waals surface area contributed by atoms with Crippen molar-refractivity contribution < 1.29 is 37.9 Å². The van der Waals surface area contributed by atoms with Crippen LogP contribution in [0, 0.1) is 5.92 Å². The van der Waals surface area contributed by atoms with Gasteiger partial charge >= 0.3 is 11.9 Å². The number of hydrogen-bond donors (Lipinski definition) is 1. The van der Waals surface area contributed by atoms with Crippen molar-refractivity contribution in [2.45, 2.75) is 63.2 Å². The Morgan fingerprint density at radius 1 is 1.02 bits per heavy atom. The second kappa shape index (κ2) is 12.9. The molecule has 1 aromatic heterocycles. The fourth-order valence-corrected chi connectivity index (χ4v) is 5.72. The van der Waals surface area contributed by atoms with Crippen molar-refractivity contribution in [1.29, 1.82) is 0 Å². The SMILES string of the molecule is CC(NC(=O)c1ccno1)C(Oc1ccc(C(=O)O[C@H]2CCCN(C(=O)[C@H]3COC(=O)C3)C2)cc1)c1ccc(C2CC2)cc1. The fraction of sp³-hybridized carbons (Fsp3) is 0.424. The summed E-state index contributed by atoms with van der Waals surface area (Å²) in [6.45, 7) is 2.81. The third-order valence-electron chi connectivity index (χ3n) is 8.31. The molecule has 230 valence electrons. The van der Waals surface area contributed by atoms with E-state index in [1.807, 2.05) is 19.1 Å². The van der Waals surface area contributed by atoms with Crippen molar-refractivity contribution in [2.24, 2.45) is 5.92 Å². The molecule has 2 amide bonds. The highest BCUT2D eigenvalue weighted by atomic mass is 16.5. The minimum atomic E-state index is -0.528. The van der Waals surface area contributed by atoms with Crippen LogP contribution in [0.3, 0.4) is 0 Å². The first-order chi connectivity index (χ1) is 21.3. The van der Waals surface area contributed by atoms with Gasteiger partial charge in [0.05, 0.1) is 36.7 Å². The smallest absolute Gasteiger partial charge is 0.338 e. The Labute approximate surface area is 254 Å². The Morgan fingerprint density at radius 2 is 1.80 bits per heavy atom. The van der Waals surface area contributed by atoms with E-state index in [4.69, 9.17) is 18.7 Å². The van der Waals surface area contributed by atoms with E-state index >= 15 is 0 Å². The number of hydrogen-bond acceptors (Lipinski definition) is 9. The number of carbonyl (C=O) groups excluding carboxylic acids is 4. The quantitative estimate of drug-likeness (QED) is 0.339. The van der Waals surface area contributed by atoms with Crippen molar-refractivity contribution in [3.05, 3.63) is 83.2 Å². The van der Waals surface area contributed by atoms with Crippen LogP contribution in [0.1, 0.15) is 83.1 Å². The number of amides is 2. The normalized spacial score (nSPS) is 21.2. The van der Waals surface area contributed by atoms with E-state index in [2.05, 4.69) is 22.6 Å². The van der Waals surface area contributed by atoms with Crippen LogP contribution in [0.25, 0.3) is 0 Å². The molecule has 44 heavy (non-hydrogen) atoms. The zero-order chi connectivity index (χ0) is 30.6. The van der Waals surface area contributed by atoms with Crippen molar-refractivity contribution in [3.8, 4) is 5.75 Å². The monoisotopic (exact) mass is 601 g/mol. The van der Waals surface area contributed by atoms with Crippen LogP contribution in [0.5, 0.6) is 5.75 Å². The van der Waals surface area contributed by atoms with Crippen molar-refractivity contribution >= 4 is 23.8 Å². The molecule has 1 aliphatic carbocycles. The van der Waals surface area contributed by atoms with E-state index in [1.54, 1.807) is 29.2 Å². The molecular formula is C33H35N3O8. The minimum Gasteiger partial charge on any atom is -0.484 e. The van der Waals surface area contributed by atoms with E-state index in [1.165, 1.54) is 30.7 Å². The van der Waals surface area contributed by atoms with Gasteiger partial charge in [0, 0.05) is 12.6 Å². The average Bonchev–Trinajstić information content (AvgIpc) is 3.55. The summed E-state index contributed by atoms with van der Waals surface area (Å²) < 4.78 is 22.1. The summed E-state index contributed by atoms with van der Waals surface area (Å²) >= 11 is 0. The molecule has 0 bridgehead atoms. The van der Waals surface area contributed by atoms with Gasteiger partial charge in [-0.3, -0.25) is 14.4 Å². The summed E-state index contributed by atoms with van der Waals surface area (Å²) in [5.41, 5.74) is 2.54. The van der Waals surface area contributed by atoms with Crippen molar-refractivity contribution in [2.75, 3.05) is 19.7 Å². The van der Waals surface area contributed by atoms with Gasteiger partial charge in [0.1, 0.15) is 24.6 Å². The van der Waals surface area contributed by atoms with E-state index in [0.29, 0.717) is 36.6 Å². The second-order valence-corrected chi connectivity index (χ2v) is 11.7. The molecule has 11 nitrogen and oxygen atoms in total. The average molecular weight is 602 g/mol. The molecule has 2 saturated heterocycles. The number of aromatic nitrogens is 1. The molecule has 2 aliphatic heterocycles. The molecule has 3 aromatic rings. The minimum absolute atomic E-state index is 0.0907. The maximum atomic E-state index is 13.0. The summed E-state index contributed by atoms with van der Waals surface area (Å²) in [7, 11) is 0. The zero-order valence-corrected chi connectivity index (χ0v) is 24.5. The summed E-state index contributed by atoms with van der Waals surface area (Å²) in [5.74, 6) is -0.622. The third kappa shape index (κ3) is 6.93. The zero-order valence-electron chi connectivity index (χ0n) is 24.5. The number of nitrogens with one attached hydrogen (secondary N) is 1. The van der Waals surface area contributed by atoms with Crippen LogP contribution in [-0.4, -0.2) is 65.7 Å². The molecule has 2 aromatic carbocycles. The Bertz CT molecular complexity index is 1480. The maximum absolute atomic E-state index is 13.0. The number of nitrogens with zero attached hydrogens (tertiary/aromatic N) is 2. The molecule has 3 heterocycles. The molecule has 11 heteroatoms. The van der Waals surface area contributed by atoms with Gasteiger partial charge < -0.3 is 29.0 Å². The van der Waals surface area contributed by atoms with Crippen LogP contribution in [0.4, 0.5) is 0 Å². The van der Waals surface area contributed by atoms with Gasteiger partial charge in [0.25, 0.3) is 5.91 Å². The lowest BCUT2D eigenvalue weighted by molar-refractivity contribution is -0.139. The Kier molecular flexibility index (Phi) is 8.63. The second-order valence-electron chi connectivity index (χ2n) is 11.7. The standard InChI is InChI=1S/C33H35N3O8/c1-20(35-31(38)28-14-15-34-44-28)30(23-8-6-22(7-9-23)21-4-5-21)42-26-12-10-24(11-13-26)33(40)43-27-3-2-16-36(18-27)32(39)25-17-29(37)41-19-25/h6-15,20-21,25,27,30H,2-5,16-19H2,1H3,(H,35,38)/t20?,25-,27+,30?/m1/s1. The number of esters is 2. The highest BCUT2D eigenvalue weighted by Crippen LogP contribution is 2.40. The van der Waals surface area contributed by atoms with Gasteiger partial charge in [-0.1, -0.05) is 29.4 Å². The number of likely N-dealkylation sites (tertiary alicyclic amines) is 1. The highest BCUT2D eigenvalue weighted by molar-refractivity contribution is 5.91. The molecule has 3 aliphatic rings. The summed E-state index contributed by atoms with van der Waals surface area (Å²) in [5, 5.41) is 6.54. The molecule has 3 fully saturated rings. The molecular weight excluding hydrogens is 566 g/mol. The highest BCUT2D eigenvalue weighted by Gasteiger charge is 2.36. The van der Waals surface area contributed by atoms with Gasteiger partial charge in [0.15, 0.2) is 0 Å². The van der Waals surface area contributed by atoms with E-state index in [0.717, 1.165) is 5.56 Å². The summed E-state index contributed by atoms with van der Waals surface area (Å²) in [6, 6.07) is 16.0. The van der Waals surface area contributed by atoms with Gasteiger partial charge in [-0.15, -0.1) is 0 Å². The molecule has 2 unspecified atom stereocenters. The van der Waals surface area contributed by atoms with Crippen LogP contribution in [-0.2, 0) is 19.1 Å².